The zero-order chi connectivity index (χ0) is 19.5. The largest absolute Gasteiger partial charge is 0.497 e. The molecule has 0 spiro atoms. The highest BCUT2D eigenvalue weighted by Gasteiger charge is 2.18. The second-order valence-electron chi connectivity index (χ2n) is 6.84. The first kappa shape index (κ1) is 21.6. The SMILES string of the molecule is Br.COc1cccc(-c2csc(=Nc3cccc(C)c3C)n2N2CCOCC2)c1. The number of hydrogen-bond donors (Lipinski definition) is 0. The predicted octanol–water partition coefficient (Wildman–Crippen LogP) is 4.62. The van der Waals surface area contributed by atoms with Crippen molar-refractivity contribution < 1.29 is 9.47 Å². The van der Waals surface area contributed by atoms with Gasteiger partial charge in [0.15, 0.2) is 0 Å². The molecule has 2 heterocycles. The number of methoxy groups -OCH3 is 1. The van der Waals surface area contributed by atoms with Crippen molar-refractivity contribution in [2.75, 3.05) is 38.4 Å². The van der Waals surface area contributed by atoms with E-state index < -0.39 is 0 Å². The number of hydrogen-bond acceptors (Lipinski definition) is 5. The quantitative estimate of drug-likeness (QED) is 0.552. The lowest BCUT2D eigenvalue weighted by Crippen LogP contribution is -2.48. The van der Waals surface area contributed by atoms with E-state index in [1.54, 1.807) is 18.4 Å². The Morgan fingerprint density at radius 2 is 1.83 bits per heavy atom. The lowest BCUT2D eigenvalue weighted by molar-refractivity contribution is 0.111. The summed E-state index contributed by atoms with van der Waals surface area (Å²) in [5.41, 5.74) is 5.72. The molecule has 1 aromatic heterocycles. The maximum Gasteiger partial charge on any atom is 0.209 e. The first-order valence-corrected chi connectivity index (χ1v) is 10.3. The van der Waals surface area contributed by atoms with Crippen LogP contribution in [-0.2, 0) is 4.74 Å². The average Bonchev–Trinajstić information content (AvgIpc) is 3.15. The lowest BCUT2D eigenvalue weighted by atomic mass is 10.1. The molecule has 154 valence electrons. The van der Waals surface area contributed by atoms with Crippen LogP contribution >= 0.6 is 28.3 Å². The van der Waals surface area contributed by atoms with Crippen molar-refractivity contribution >= 4 is 34.0 Å². The zero-order valence-electron chi connectivity index (χ0n) is 16.9. The Kier molecular flexibility index (Phi) is 7.16. The van der Waals surface area contributed by atoms with Crippen molar-refractivity contribution in [3.8, 4) is 17.0 Å². The lowest BCUT2D eigenvalue weighted by Gasteiger charge is -2.31. The Bertz CT molecular complexity index is 1040. The average molecular weight is 476 g/mol. The van der Waals surface area contributed by atoms with E-state index in [4.69, 9.17) is 14.5 Å². The normalized spacial score (nSPS) is 14.6. The van der Waals surface area contributed by atoms with E-state index in [0.29, 0.717) is 0 Å². The smallest absolute Gasteiger partial charge is 0.209 e. The Morgan fingerprint density at radius 1 is 1.07 bits per heavy atom. The Balaban J connectivity index is 0.00000240. The molecule has 0 saturated carbocycles. The van der Waals surface area contributed by atoms with Gasteiger partial charge in [-0.05, 0) is 43.2 Å². The van der Waals surface area contributed by atoms with E-state index in [1.807, 2.05) is 12.1 Å². The third-order valence-electron chi connectivity index (χ3n) is 5.11. The van der Waals surface area contributed by atoms with Gasteiger partial charge >= 0.3 is 0 Å². The monoisotopic (exact) mass is 475 g/mol. The van der Waals surface area contributed by atoms with E-state index >= 15 is 0 Å². The van der Waals surface area contributed by atoms with E-state index in [2.05, 4.69) is 59.2 Å². The number of morpholine rings is 1. The number of nitrogens with zero attached hydrogens (tertiary/aromatic N) is 3. The molecule has 1 aliphatic heterocycles. The highest BCUT2D eigenvalue weighted by Crippen LogP contribution is 2.26. The van der Waals surface area contributed by atoms with Gasteiger partial charge in [-0.15, -0.1) is 28.3 Å². The molecule has 2 aromatic carbocycles. The maximum atomic E-state index is 5.57. The summed E-state index contributed by atoms with van der Waals surface area (Å²) in [6.07, 6.45) is 0. The molecule has 7 heteroatoms. The van der Waals surface area contributed by atoms with Crippen molar-refractivity contribution in [2.24, 2.45) is 4.99 Å². The predicted molar refractivity (Wildman–Crippen MR) is 125 cm³/mol. The van der Waals surface area contributed by atoms with Crippen LogP contribution in [0.15, 0.2) is 52.8 Å². The van der Waals surface area contributed by atoms with Crippen molar-refractivity contribution in [3.63, 3.8) is 0 Å². The van der Waals surface area contributed by atoms with Crippen LogP contribution < -0.4 is 14.5 Å². The molecule has 0 N–H and O–H groups in total. The molecule has 1 saturated heterocycles. The van der Waals surface area contributed by atoms with Crippen LogP contribution in [0.25, 0.3) is 11.3 Å². The van der Waals surface area contributed by atoms with Gasteiger partial charge in [-0.25, -0.2) is 9.67 Å². The Hall–Kier alpha value is -2.09. The molecule has 1 fully saturated rings. The van der Waals surface area contributed by atoms with Gasteiger partial charge in [0.25, 0.3) is 0 Å². The number of aromatic nitrogens is 1. The summed E-state index contributed by atoms with van der Waals surface area (Å²) in [5.74, 6) is 0.852. The van der Waals surface area contributed by atoms with Crippen molar-refractivity contribution in [2.45, 2.75) is 13.8 Å². The second kappa shape index (κ2) is 9.61. The van der Waals surface area contributed by atoms with Crippen LogP contribution in [0.3, 0.4) is 0 Å². The number of rotatable bonds is 4. The molecule has 0 atom stereocenters. The Morgan fingerprint density at radius 3 is 2.59 bits per heavy atom. The minimum absolute atomic E-state index is 0. The molecule has 0 bridgehead atoms. The first-order chi connectivity index (χ1) is 13.7. The molecular weight excluding hydrogens is 450 g/mol. The molecule has 1 aliphatic rings. The van der Waals surface area contributed by atoms with E-state index in [9.17, 15) is 0 Å². The van der Waals surface area contributed by atoms with Gasteiger partial charge in [0, 0.05) is 10.9 Å². The third-order valence-corrected chi connectivity index (χ3v) is 5.93. The van der Waals surface area contributed by atoms with Gasteiger partial charge in [0.2, 0.25) is 4.80 Å². The number of benzene rings is 2. The number of ether oxygens (including phenoxy) is 2. The number of thiazole rings is 1. The van der Waals surface area contributed by atoms with E-state index in [1.165, 1.54) is 11.1 Å². The molecule has 5 nitrogen and oxygen atoms in total. The van der Waals surface area contributed by atoms with Gasteiger partial charge in [0.1, 0.15) is 5.75 Å². The van der Waals surface area contributed by atoms with Gasteiger partial charge in [-0.3, -0.25) is 0 Å². The molecule has 3 aromatic rings. The van der Waals surface area contributed by atoms with Gasteiger partial charge in [-0.1, -0.05) is 24.3 Å². The molecule has 0 aliphatic carbocycles. The maximum absolute atomic E-state index is 5.57. The standard InChI is InChI=1S/C22H25N3O2S.BrH/c1-16-6-4-9-20(17(16)2)23-22-25(24-10-12-27-13-11-24)21(15-28-22)18-7-5-8-19(14-18)26-3;/h4-9,14-15H,10-13H2,1-3H3;1H. The van der Waals surface area contributed by atoms with Crippen LogP contribution in [0, 0.1) is 13.8 Å². The highest BCUT2D eigenvalue weighted by molar-refractivity contribution is 8.93. The fourth-order valence-electron chi connectivity index (χ4n) is 3.34. The minimum Gasteiger partial charge on any atom is -0.497 e. The Labute approximate surface area is 186 Å². The van der Waals surface area contributed by atoms with Crippen LogP contribution in [0.4, 0.5) is 5.69 Å². The topological polar surface area (TPSA) is 39.0 Å². The zero-order valence-corrected chi connectivity index (χ0v) is 19.5. The molecule has 4 rings (SSSR count). The summed E-state index contributed by atoms with van der Waals surface area (Å²) in [4.78, 5) is 6.00. The third kappa shape index (κ3) is 4.57. The molecule has 0 unspecified atom stereocenters. The summed E-state index contributed by atoms with van der Waals surface area (Å²) in [7, 11) is 1.70. The highest BCUT2D eigenvalue weighted by atomic mass is 79.9. The fraction of sp³-hybridized carbons (Fsp3) is 0.318. The van der Waals surface area contributed by atoms with Crippen LogP contribution in [0.1, 0.15) is 11.1 Å². The fourth-order valence-corrected chi connectivity index (χ4v) is 4.26. The second-order valence-corrected chi connectivity index (χ2v) is 7.68. The minimum atomic E-state index is 0. The summed E-state index contributed by atoms with van der Waals surface area (Å²) in [6, 6.07) is 14.4. The molecular formula is C22H26BrN3O2S. The number of halogens is 1. The van der Waals surface area contributed by atoms with Gasteiger partial charge in [-0.2, -0.15) is 0 Å². The summed E-state index contributed by atoms with van der Waals surface area (Å²) in [5, 5.41) is 4.49. The van der Waals surface area contributed by atoms with Crippen molar-refractivity contribution in [1.29, 1.82) is 0 Å². The van der Waals surface area contributed by atoms with Crippen molar-refractivity contribution in [1.82, 2.24) is 4.68 Å². The molecule has 29 heavy (non-hydrogen) atoms. The summed E-state index contributed by atoms with van der Waals surface area (Å²) >= 11 is 1.66. The molecule has 0 radical (unpaired) electrons. The van der Waals surface area contributed by atoms with Crippen LogP contribution in [0.5, 0.6) is 5.75 Å². The van der Waals surface area contributed by atoms with Gasteiger partial charge < -0.3 is 14.5 Å². The summed E-state index contributed by atoms with van der Waals surface area (Å²) < 4.78 is 13.2. The van der Waals surface area contributed by atoms with Crippen LogP contribution in [0.2, 0.25) is 0 Å². The molecule has 0 amide bonds. The number of aryl methyl sites for hydroxylation is 1. The van der Waals surface area contributed by atoms with Crippen LogP contribution in [-0.4, -0.2) is 38.1 Å². The van der Waals surface area contributed by atoms with E-state index in [0.717, 1.165) is 53.8 Å². The van der Waals surface area contributed by atoms with Gasteiger partial charge in [0.05, 0.1) is 44.8 Å². The van der Waals surface area contributed by atoms with E-state index in [-0.39, 0.29) is 17.0 Å². The summed E-state index contributed by atoms with van der Waals surface area (Å²) in [6.45, 7) is 7.39. The van der Waals surface area contributed by atoms with Crippen molar-refractivity contribution in [3.05, 3.63) is 63.8 Å². The first-order valence-electron chi connectivity index (χ1n) is 9.46.